The van der Waals surface area contributed by atoms with Crippen LogP contribution in [0.2, 0.25) is 0 Å². The fraction of sp³-hybridized carbons (Fsp3) is 0.0400. The Morgan fingerprint density at radius 2 is 1.06 bits per heavy atom. The molecule has 0 aliphatic heterocycles. The molecule has 0 unspecified atom stereocenters. The van der Waals surface area contributed by atoms with Crippen LogP contribution in [0.5, 0.6) is 0 Å². The Morgan fingerprint density at radius 3 is 1.81 bits per heavy atom. The monoisotopic (exact) mass is 664 g/mol. The van der Waals surface area contributed by atoms with Crippen LogP contribution >= 0.6 is 0 Å². The molecule has 1 aromatic heterocycles. The van der Waals surface area contributed by atoms with E-state index in [-0.39, 0.29) is 0 Å². The SMILES string of the molecule is Cc1cccc(-n2c3ccccc3c3cccc(N(c4ccccc4)c4ccc5c(c4)C(c4ccccc4)(c4ccccc4)c4ccccc4-5)c32)c1. The summed E-state index contributed by atoms with van der Waals surface area (Å²) in [5, 5.41) is 2.47. The van der Waals surface area contributed by atoms with Crippen LogP contribution < -0.4 is 4.90 Å². The van der Waals surface area contributed by atoms with E-state index in [1.807, 2.05) is 0 Å². The van der Waals surface area contributed by atoms with Gasteiger partial charge in [0.25, 0.3) is 0 Å². The van der Waals surface area contributed by atoms with Crippen molar-refractivity contribution in [2.75, 3.05) is 4.90 Å². The first-order valence-electron chi connectivity index (χ1n) is 18.0. The molecule has 0 spiro atoms. The van der Waals surface area contributed by atoms with E-state index in [0.29, 0.717) is 0 Å². The highest BCUT2D eigenvalue weighted by molar-refractivity contribution is 6.14. The summed E-state index contributed by atoms with van der Waals surface area (Å²) >= 11 is 0. The highest BCUT2D eigenvalue weighted by Gasteiger charge is 2.46. The van der Waals surface area contributed by atoms with Crippen LogP contribution in [-0.2, 0) is 5.41 Å². The van der Waals surface area contributed by atoms with E-state index < -0.39 is 5.41 Å². The molecule has 0 saturated heterocycles. The molecule has 9 aromatic rings. The summed E-state index contributed by atoms with van der Waals surface area (Å²) in [6.07, 6.45) is 0. The van der Waals surface area contributed by atoms with Gasteiger partial charge in [0.1, 0.15) is 0 Å². The minimum Gasteiger partial charge on any atom is -0.308 e. The van der Waals surface area contributed by atoms with E-state index in [1.54, 1.807) is 0 Å². The smallest absolute Gasteiger partial charge is 0.0782 e. The lowest BCUT2D eigenvalue weighted by Crippen LogP contribution is -2.28. The van der Waals surface area contributed by atoms with E-state index in [2.05, 4.69) is 217 Å². The molecule has 0 amide bonds. The van der Waals surface area contributed by atoms with E-state index in [4.69, 9.17) is 0 Å². The second kappa shape index (κ2) is 12.0. The Balaban J connectivity index is 1.30. The molecular weight excluding hydrogens is 629 g/mol. The highest BCUT2D eigenvalue weighted by atomic mass is 15.2. The minimum absolute atomic E-state index is 0.491. The molecule has 0 saturated carbocycles. The molecular formula is C50H36N2. The van der Waals surface area contributed by atoms with E-state index in [9.17, 15) is 0 Å². The Bertz CT molecular complexity index is 2700. The van der Waals surface area contributed by atoms with Gasteiger partial charge in [-0.15, -0.1) is 0 Å². The molecule has 246 valence electrons. The summed E-state index contributed by atoms with van der Waals surface area (Å²) in [4.78, 5) is 2.46. The van der Waals surface area contributed by atoms with Crippen LogP contribution in [0.1, 0.15) is 27.8 Å². The number of nitrogens with zero attached hydrogens (tertiary/aromatic N) is 2. The number of benzene rings is 8. The Kier molecular flexibility index (Phi) is 6.97. The molecule has 2 nitrogen and oxygen atoms in total. The van der Waals surface area contributed by atoms with Crippen LogP contribution in [0.3, 0.4) is 0 Å². The van der Waals surface area contributed by atoms with Gasteiger partial charge in [0.05, 0.1) is 22.1 Å². The lowest BCUT2D eigenvalue weighted by molar-refractivity contribution is 0.768. The maximum Gasteiger partial charge on any atom is 0.0782 e. The zero-order valence-corrected chi connectivity index (χ0v) is 28.9. The Labute approximate surface area is 304 Å². The van der Waals surface area contributed by atoms with Crippen molar-refractivity contribution in [2.45, 2.75) is 12.3 Å². The van der Waals surface area contributed by atoms with Gasteiger partial charge in [0.15, 0.2) is 0 Å². The molecule has 1 aliphatic carbocycles. The van der Waals surface area contributed by atoms with Crippen molar-refractivity contribution in [1.82, 2.24) is 4.57 Å². The topological polar surface area (TPSA) is 8.17 Å². The van der Waals surface area contributed by atoms with Gasteiger partial charge in [0.2, 0.25) is 0 Å². The normalized spacial score (nSPS) is 12.9. The summed E-state index contributed by atoms with van der Waals surface area (Å²) in [7, 11) is 0. The molecule has 52 heavy (non-hydrogen) atoms. The third kappa shape index (κ3) is 4.44. The second-order valence-corrected chi connectivity index (χ2v) is 13.8. The number of hydrogen-bond donors (Lipinski definition) is 0. The van der Waals surface area contributed by atoms with Crippen LogP contribution in [0.15, 0.2) is 200 Å². The average molecular weight is 665 g/mol. The number of hydrogen-bond acceptors (Lipinski definition) is 1. The Hall–Kier alpha value is -6.64. The van der Waals surface area contributed by atoms with Crippen molar-refractivity contribution in [2.24, 2.45) is 0 Å². The van der Waals surface area contributed by atoms with Crippen LogP contribution in [0.25, 0.3) is 38.6 Å². The molecule has 1 aliphatic rings. The van der Waals surface area contributed by atoms with Crippen molar-refractivity contribution < 1.29 is 0 Å². The number of rotatable bonds is 6. The number of anilines is 3. The second-order valence-electron chi connectivity index (χ2n) is 13.8. The van der Waals surface area contributed by atoms with Gasteiger partial charge < -0.3 is 9.47 Å². The summed E-state index contributed by atoms with van der Waals surface area (Å²) in [5.41, 5.74) is 15.3. The van der Waals surface area contributed by atoms with E-state index in [0.717, 1.165) is 22.7 Å². The molecule has 0 radical (unpaired) electrons. The zero-order chi connectivity index (χ0) is 34.6. The zero-order valence-electron chi connectivity index (χ0n) is 28.9. The van der Waals surface area contributed by atoms with Gasteiger partial charge >= 0.3 is 0 Å². The van der Waals surface area contributed by atoms with Gasteiger partial charge in [0, 0.05) is 27.8 Å². The number of fused-ring (bicyclic) bond motifs is 6. The lowest BCUT2D eigenvalue weighted by atomic mass is 9.67. The standard InChI is InChI=1S/C50H36N2/c1-35-17-15-24-39(33-35)52-47-29-14-12-26-43(47)44-27-16-30-48(49(44)52)51(38-22-9-4-10-23-38)40-31-32-42-41-25-11-13-28-45(41)50(46(42)34-40,36-18-5-2-6-19-36)37-20-7-3-8-21-37/h2-34H,1H3. The third-order valence-electron chi connectivity index (χ3n) is 10.9. The molecule has 10 rings (SSSR count). The fourth-order valence-corrected chi connectivity index (χ4v) is 8.79. The first-order valence-corrected chi connectivity index (χ1v) is 18.0. The molecule has 0 bridgehead atoms. The predicted molar refractivity (Wildman–Crippen MR) is 218 cm³/mol. The van der Waals surface area contributed by atoms with Gasteiger partial charge in [-0.1, -0.05) is 152 Å². The van der Waals surface area contributed by atoms with Crippen molar-refractivity contribution in [1.29, 1.82) is 0 Å². The highest BCUT2D eigenvalue weighted by Crippen LogP contribution is 2.57. The van der Waals surface area contributed by atoms with Gasteiger partial charge in [-0.05, 0) is 94.4 Å². The van der Waals surface area contributed by atoms with Gasteiger partial charge in [-0.3, -0.25) is 0 Å². The summed E-state index contributed by atoms with van der Waals surface area (Å²) in [5.74, 6) is 0. The Morgan fingerprint density at radius 1 is 0.442 bits per heavy atom. The largest absolute Gasteiger partial charge is 0.308 e. The average Bonchev–Trinajstić information content (AvgIpc) is 3.70. The predicted octanol–water partition coefficient (Wildman–Crippen LogP) is 12.9. The molecule has 0 N–H and O–H groups in total. The fourth-order valence-electron chi connectivity index (χ4n) is 8.79. The summed E-state index contributed by atoms with van der Waals surface area (Å²) in [6, 6.07) is 73.4. The van der Waals surface area contributed by atoms with Crippen LogP contribution in [0.4, 0.5) is 17.1 Å². The van der Waals surface area contributed by atoms with E-state index >= 15 is 0 Å². The molecule has 0 atom stereocenters. The molecule has 2 heteroatoms. The molecule has 1 heterocycles. The maximum absolute atomic E-state index is 2.46. The first kappa shape index (κ1) is 30.2. The molecule has 8 aromatic carbocycles. The minimum atomic E-state index is -0.491. The summed E-state index contributed by atoms with van der Waals surface area (Å²) in [6.45, 7) is 2.17. The number of aromatic nitrogens is 1. The third-order valence-corrected chi connectivity index (χ3v) is 10.9. The first-order chi connectivity index (χ1) is 25.7. The van der Waals surface area contributed by atoms with Crippen molar-refractivity contribution >= 4 is 38.9 Å². The van der Waals surface area contributed by atoms with Crippen LogP contribution in [-0.4, -0.2) is 4.57 Å². The van der Waals surface area contributed by atoms with Gasteiger partial charge in [-0.25, -0.2) is 0 Å². The summed E-state index contributed by atoms with van der Waals surface area (Å²) < 4.78 is 2.45. The van der Waals surface area contributed by atoms with Crippen LogP contribution in [0, 0.1) is 6.92 Å². The van der Waals surface area contributed by atoms with Crippen molar-refractivity contribution in [3.8, 4) is 16.8 Å². The maximum atomic E-state index is 2.46. The van der Waals surface area contributed by atoms with E-state index in [1.165, 1.54) is 60.8 Å². The van der Waals surface area contributed by atoms with Crippen molar-refractivity contribution in [3.05, 3.63) is 228 Å². The quantitative estimate of drug-likeness (QED) is 0.172. The van der Waals surface area contributed by atoms with Gasteiger partial charge in [-0.2, -0.15) is 0 Å². The lowest BCUT2D eigenvalue weighted by Gasteiger charge is -2.35. The molecule has 0 fully saturated rings. The van der Waals surface area contributed by atoms with Crippen molar-refractivity contribution in [3.63, 3.8) is 0 Å². The number of para-hydroxylation sites is 3. The number of aryl methyl sites for hydroxylation is 1.